The largest absolute Gasteiger partial charge is 0.480 e. The molecule has 0 amide bonds. The van der Waals surface area contributed by atoms with Gasteiger partial charge in [0.15, 0.2) is 0 Å². The molecule has 0 radical (unpaired) electrons. The Bertz CT molecular complexity index is 1240. The van der Waals surface area contributed by atoms with Gasteiger partial charge in [0.1, 0.15) is 6.54 Å². The summed E-state index contributed by atoms with van der Waals surface area (Å²) in [5.74, 6) is -1.12. The summed E-state index contributed by atoms with van der Waals surface area (Å²) < 4.78 is 42.0. The molecule has 0 aliphatic carbocycles. The molecule has 144 valence electrons. The fourth-order valence-corrected chi connectivity index (χ4v) is 4.63. The number of hydrogen-bond donors (Lipinski definition) is 1. The first-order chi connectivity index (χ1) is 13.2. The van der Waals surface area contributed by atoms with Gasteiger partial charge in [0.05, 0.1) is 5.56 Å². The van der Waals surface area contributed by atoms with Gasteiger partial charge in [-0.3, -0.25) is 4.79 Å². The van der Waals surface area contributed by atoms with Gasteiger partial charge in [0, 0.05) is 42.8 Å². The van der Waals surface area contributed by atoms with E-state index in [1.54, 1.807) is 13.0 Å². The van der Waals surface area contributed by atoms with E-state index in [-0.39, 0.29) is 5.52 Å². The van der Waals surface area contributed by atoms with E-state index in [0.717, 1.165) is 33.3 Å². The summed E-state index contributed by atoms with van der Waals surface area (Å²) in [7, 11) is 0. The lowest BCUT2D eigenvalue weighted by Gasteiger charge is -2.08. The van der Waals surface area contributed by atoms with Crippen molar-refractivity contribution in [3.8, 4) is 11.1 Å². The monoisotopic (exact) mass is 423 g/mol. The van der Waals surface area contributed by atoms with Gasteiger partial charge in [-0.1, -0.05) is 17.7 Å². The summed E-state index contributed by atoms with van der Waals surface area (Å²) in [6.45, 7) is 1.30. The number of nitrogens with zero attached hydrogens (tertiary/aromatic N) is 1. The number of halogens is 4. The Balaban J connectivity index is 2.07. The van der Waals surface area contributed by atoms with Crippen molar-refractivity contribution in [2.75, 3.05) is 0 Å². The number of thiophene rings is 1. The molecule has 2 aromatic heterocycles. The number of hydrogen-bond acceptors (Lipinski definition) is 2. The molecule has 8 heteroatoms. The molecular weight excluding hydrogens is 411 g/mol. The maximum Gasteiger partial charge on any atom is 0.416 e. The highest BCUT2D eigenvalue weighted by Crippen LogP contribution is 2.43. The second-order valence-electron chi connectivity index (χ2n) is 6.46. The molecule has 1 N–H and O–H groups in total. The van der Waals surface area contributed by atoms with E-state index in [1.165, 1.54) is 22.0 Å². The lowest BCUT2D eigenvalue weighted by Crippen LogP contribution is -2.11. The molecule has 28 heavy (non-hydrogen) atoms. The minimum atomic E-state index is -4.51. The number of fused-ring (bicyclic) bond motifs is 2. The maximum atomic E-state index is 13.2. The highest BCUT2D eigenvalue weighted by atomic mass is 35.5. The van der Waals surface area contributed by atoms with Gasteiger partial charge in [0.25, 0.3) is 0 Å². The van der Waals surface area contributed by atoms with Crippen LogP contribution in [0.4, 0.5) is 13.2 Å². The Morgan fingerprint density at radius 3 is 2.61 bits per heavy atom. The van der Waals surface area contributed by atoms with Crippen LogP contribution >= 0.6 is 22.9 Å². The zero-order valence-corrected chi connectivity index (χ0v) is 16.0. The molecule has 0 aliphatic rings. The van der Waals surface area contributed by atoms with Crippen molar-refractivity contribution in [3.63, 3.8) is 0 Å². The standard InChI is InChI=1S/C20H13ClF3NO2S/c1-10-19(15-9-28-17-5-3-12(21)7-14(15)17)13-4-2-11(20(22,23)24)6-16(13)25(10)8-18(26)27/h2-7,9H,8H2,1H3,(H,26,27). The molecule has 0 unspecified atom stereocenters. The molecule has 0 aliphatic heterocycles. The number of alkyl halides is 3. The van der Waals surface area contributed by atoms with E-state index >= 15 is 0 Å². The molecule has 3 nitrogen and oxygen atoms in total. The summed E-state index contributed by atoms with van der Waals surface area (Å²) in [6.07, 6.45) is -4.51. The predicted molar refractivity (Wildman–Crippen MR) is 105 cm³/mol. The number of carboxylic acids is 1. The molecule has 2 heterocycles. The van der Waals surface area contributed by atoms with Crippen LogP contribution in [-0.4, -0.2) is 15.6 Å². The number of carboxylic acid groups (broad SMARTS) is 1. The third-order valence-electron chi connectivity index (χ3n) is 4.75. The highest BCUT2D eigenvalue weighted by molar-refractivity contribution is 7.17. The lowest BCUT2D eigenvalue weighted by atomic mass is 10.0. The number of carbonyl (C=O) groups is 1. The Labute approximate surface area is 166 Å². The number of benzene rings is 2. The molecule has 0 bridgehead atoms. The minimum Gasteiger partial charge on any atom is -0.480 e. The van der Waals surface area contributed by atoms with Crippen LogP contribution in [0.25, 0.3) is 32.1 Å². The van der Waals surface area contributed by atoms with Gasteiger partial charge in [0.2, 0.25) is 0 Å². The summed E-state index contributed by atoms with van der Waals surface area (Å²) in [6, 6.07) is 8.92. The second kappa shape index (κ2) is 6.53. The number of rotatable bonds is 3. The smallest absolute Gasteiger partial charge is 0.416 e. The second-order valence-corrected chi connectivity index (χ2v) is 7.81. The SMILES string of the molecule is Cc1c(-c2csc3ccc(Cl)cc23)c2ccc(C(F)(F)F)cc2n1CC(=O)O. The Kier molecular flexibility index (Phi) is 4.39. The first kappa shape index (κ1) is 18.8. The Morgan fingerprint density at radius 1 is 1.18 bits per heavy atom. The molecule has 0 saturated heterocycles. The van der Waals surface area contributed by atoms with Crippen LogP contribution in [-0.2, 0) is 17.5 Å². The van der Waals surface area contributed by atoms with E-state index in [0.29, 0.717) is 16.1 Å². The third-order valence-corrected chi connectivity index (χ3v) is 5.95. The minimum absolute atomic E-state index is 0.242. The van der Waals surface area contributed by atoms with Gasteiger partial charge in [-0.2, -0.15) is 13.2 Å². The summed E-state index contributed by atoms with van der Waals surface area (Å²) in [4.78, 5) is 11.3. The van der Waals surface area contributed by atoms with Crippen LogP contribution in [0.1, 0.15) is 11.3 Å². The van der Waals surface area contributed by atoms with Crippen LogP contribution in [0.15, 0.2) is 41.8 Å². The molecule has 4 aromatic rings. The van der Waals surface area contributed by atoms with Crippen molar-refractivity contribution < 1.29 is 23.1 Å². The summed E-state index contributed by atoms with van der Waals surface area (Å²) >= 11 is 7.64. The van der Waals surface area contributed by atoms with E-state index in [1.807, 2.05) is 17.5 Å². The van der Waals surface area contributed by atoms with Crippen LogP contribution in [0.2, 0.25) is 5.02 Å². The van der Waals surface area contributed by atoms with Crippen molar-refractivity contribution in [2.45, 2.75) is 19.6 Å². The van der Waals surface area contributed by atoms with E-state index in [9.17, 15) is 23.1 Å². The van der Waals surface area contributed by atoms with Gasteiger partial charge in [-0.05, 0) is 42.6 Å². The van der Waals surface area contributed by atoms with Crippen molar-refractivity contribution in [2.24, 2.45) is 0 Å². The topological polar surface area (TPSA) is 42.2 Å². The maximum absolute atomic E-state index is 13.2. The quantitative estimate of drug-likeness (QED) is 0.404. The van der Waals surface area contributed by atoms with E-state index < -0.39 is 24.3 Å². The van der Waals surface area contributed by atoms with Crippen LogP contribution in [0.5, 0.6) is 0 Å². The van der Waals surface area contributed by atoms with Crippen molar-refractivity contribution >= 4 is 49.9 Å². The van der Waals surface area contributed by atoms with Crippen LogP contribution in [0.3, 0.4) is 0 Å². The highest BCUT2D eigenvalue weighted by Gasteiger charge is 2.31. The number of aromatic nitrogens is 1. The van der Waals surface area contributed by atoms with Gasteiger partial charge in [-0.15, -0.1) is 11.3 Å². The van der Waals surface area contributed by atoms with Gasteiger partial charge < -0.3 is 9.67 Å². The van der Waals surface area contributed by atoms with Crippen molar-refractivity contribution in [1.82, 2.24) is 4.57 Å². The average molecular weight is 424 g/mol. The molecule has 4 rings (SSSR count). The molecule has 0 saturated carbocycles. The molecule has 0 spiro atoms. The number of aliphatic carboxylic acids is 1. The first-order valence-corrected chi connectivity index (χ1v) is 9.51. The lowest BCUT2D eigenvalue weighted by molar-refractivity contribution is -0.138. The Hall–Kier alpha value is -2.51. The van der Waals surface area contributed by atoms with Crippen molar-refractivity contribution in [1.29, 1.82) is 0 Å². The molecule has 0 fully saturated rings. The summed E-state index contributed by atoms with van der Waals surface area (Å²) in [5, 5.41) is 13.2. The predicted octanol–water partition coefficient (Wildman–Crippen LogP) is 6.59. The van der Waals surface area contributed by atoms with E-state index in [2.05, 4.69) is 0 Å². The van der Waals surface area contributed by atoms with E-state index in [4.69, 9.17) is 11.6 Å². The zero-order chi connectivity index (χ0) is 20.2. The fourth-order valence-electron chi connectivity index (χ4n) is 3.53. The van der Waals surface area contributed by atoms with Gasteiger partial charge in [-0.25, -0.2) is 0 Å². The van der Waals surface area contributed by atoms with Crippen molar-refractivity contribution in [3.05, 3.63) is 58.1 Å². The third kappa shape index (κ3) is 3.04. The summed E-state index contributed by atoms with van der Waals surface area (Å²) in [5.41, 5.74) is 1.57. The first-order valence-electron chi connectivity index (χ1n) is 8.26. The Morgan fingerprint density at radius 2 is 1.93 bits per heavy atom. The molecule has 2 aromatic carbocycles. The zero-order valence-electron chi connectivity index (χ0n) is 14.5. The average Bonchev–Trinajstić information content (AvgIpc) is 3.12. The molecule has 0 atom stereocenters. The fraction of sp³-hybridized carbons (Fsp3) is 0.150. The van der Waals surface area contributed by atoms with Crippen LogP contribution in [0, 0.1) is 6.92 Å². The van der Waals surface area contributed by atoms with Crippen LogP contribution < -0.4 is 0 Å². The molecular formula is C20H13ClF3NO2S. The van der Waals surface area contributed by atoms with Gasteiger partial charge >= 0.3 is 12.1 Å². The normalized spacial score (nSPS) is 12.2.